The molecule has 1 aromatic heterocycles. The van der Waals surface area contributed by atoms with Crippen LogP contribution in [0.25, 0.3) is 0 Å². The van der Waals surface area contributed by atoms with E-state index in [9.17, 15) is 9.59 Å². The van der Waals surface area contributed by atoms with Gasteiger partial charge in [0, 0.05) is 12.6 Å². The molecule has 0 unspecified atom stereocenters. The van der Waals surface area contributed by atoms with Crippen molar-refractivity contribution in [3.05, 3.63) is 11.9 Å². The molecule has 104 valence electrons. The summed E-state index contributed by atoms with van der Waals surface area (Å²) in [7, 11) is 0. The Balaban J connectivity index is 1.74. The lowest BCUT2D eigenvalue weighted by molar-refractivity contribution is -0.121. The number of aromatic nitrogens is 3. The van der Waals surface area contributed by atoms with Crippen LogP contribution in [0.15, 0.2) is 6.20 Å². The largest absolute Gasteiger partial charge is 0.450 e. The summed E-state index contributed by atoms with van der Waals surface area (Å²) < 4.78 is 5.99. The second kappa shape index (κ2) is 6.28. The van der Waals surface area contributed by atoms with Crippen molar-refractivity contribution in [1.82, 2.24) is 25.6 Å². The molecule has 0 bridgehead atoms. The Labute approximate surface area is 110 Å². The predicted molar refractivity (Wildman–Crippen MR) is 65.0 cm³/mol. The molecular weight excluding hydrogens is 250 g/mol. The lowest BCUT2D eigenvalue weighted by Crippen LogP contribution is -2.33. The van der Waals surface area contributed by atoms with Gasteiger partial charge in [0.2, 0.25) is 0 Å². The summed E-state index contributed by atoms with van der Waals surface area (Å²) in [4.78, 5) is 22.5. The molecule has 0 radical (unpaired) electrons. The van der Waals surface area contributed by atoms with E-state index in [4.69, 9.17) is 0 Å². The Kier molecular flexibility index (Phi) is 4.45. The third kappa shape index (κ3) is 4.66. The first kappa shape index (κ1) is 13.5. The van der Waals surface area contributed by atoms with Gasteiger partial charge in [0.15, 0.2) is 0 Å². The minimum Gasteiger partial charge on any atom is -0.450 e. The maximum absolute atomic E-state index is 11.5. The van der Waals surface area contributed by atoms with Gasteiger partial charge in [0.05, 0.1) is 18.5 Å². The molecule has 2 rings (SSSR count). The summed E-state index contributed by atoms with van der Waals surface area (Å²) in [6.45, 7) is 2.47. The van der Waals surface area contributed by atoms with Gasteiger partial charge in [-0.3, -0.25) is 10.1 Å². The standard InChI is InChI=1S/C11H17N5O3/c1-2-19-11(18)13-10(17)7-16-6-9(14-15-16)5-12-8-3-4-8/h6,8,12H,2-5,7H2,1H3,(H,13,17,18). The van der Waals surface area contributed by atoms with Crippen LogP contribution in [0.4, 0.5) is 4.79 Å². The van der Waals surface area contributed by atoms with Crippen LogP contribution in [0, 0.1) is 0 Å². The Morgan fingerprint density at radius 3 is 3.00 bits per heavy atom. The van der Waals surface area contributed by atoms with Gasteiger partial charge in [0.1, 0.15) is 6.54 Å². The molecule has 0 aromatic carbocycles. The molecular formula is C11H17N5O3. The molecule has 1 aromatic rings. The highest BCUT2D eigenvalue weighted by molar-refractivity contribution is 5.91. The van der Waals surface area contributed by atoms with Crippen molar-refractivity contribution in [2.45, 2.75) is 38.9 Å². The number of ether oxygens (including phenoxy) is 1. The summed E-state index contributed by atoms with van der Waals surface area (Å²) in [6.07, 6.45) is 3.34. The van der Waals surface area contributed by atoms with Crippen LogP contribution in [-0.4, -0.2) is 39.6 Å². The third-order valence-electron chi connectivity index (χ3n) is 2.56. The van der Waals surface area contributed by atoms with Crippen LogP contribution >= 0.6 is 0 Å². The zero-order valence-electron chi connectivity index (χ0n) is 10.8. The molecule has 2 N–H and O–H groups in total. The van der Waals surface area contributed by atoms with E-state index >= 15 is 0 Å². The molecule has 1 saturated carbocycles. The SMILES string of the molecule is CCOC(=O)NC(=O)Cn1cc(CNC2CC2)nn1. The molecule has 1 fully saturated rings. The summed E-state index contributed by atoms with van der Waals surface area (Å²) in [5, 5.41) is 13.2. The second-order valence-corrected chi connectivity index (χ2v) is 4.33. The van der Waals surface area contributed by atoms with Gasteiger partial charge in [-0.05, 0) is 19.8 Å². The molecule has 19 heavy (non-hydrogen) atoms. The number of hydrogen-bond acceptors (Lipinski definition) is 6. The molecule has 8 nitrogen and oxygen atoms in total. The zero-order chi connectivity index (χ0) is 13.7. The van der Waals surface area contributed by atoms with Gasteiger partial charge in [0.25, 0.3) is 5.91 Å². The van der Waals surface area contributed by atoms with E-state index in [-0.39, 0.29) is 13.2 Å². The van der Waals surface area contributed by atoms with Crippen LogP contribution in [0.5, 0.6) is 0 Å². The Morgan fingerprint density at radius 1 is 1.53 bits per heavy atom. The van der Waals surface area contributed by atoms with Crippen LogP contribution in [0.2, 0.25) is 0 Å². The summed E-state index contributed by atoms with van der Waals surface area (Å²) in [5.74, 6) is -0.481. The number of nitrogens with zero attached hydrogens (tertiary/aromatic N) is 3. The first-order valence-corrected chi connectivity index (χ1v) is 6.26. The summed E-state index contributed by atoms with van der Waals surface area (Å²) >= 11 is 0. The van der Waals surface area contributed by atoms with Crippen LogP contribution in [0.3, 0.4) is 0 Å². The molecule has 8 heteroatoms. The molecule has 1 aliphatic carbocycles. The van der Waals surface area contributed by atoms with Gasteiger partial charge in [-0.15, -0.1) is 5.10 Å². The highest BCUT2D eigenvalue weighted by Crippen LogP contribution is 2.18. The van der Waals surface area contributed by atoms with Crippen LogP contribution in [-0.2, 0) is 22.6 Å². The molecule has 1 heterocycles. The molecule has 0 atom stereocenters. The van der Waals surface area contributed by atoms with Crippen molar-refractivity contribution in [2.75, 3.05) is 6.61 Å². The van der Waals surface area contributed by atoms with Crippen LogP contribution in [0.1, 0.15) is 25.5 Å². The van der Waals surface area contributed by atoms with E-state index in [2.05, 4.69) is 25.7 Å². The lowest BCUT2D eigenvalue weighted by atomic mass is 10.4. The lowest BCUT2D eigenvalue weighted by Gasteiger charge is -2.03. The fourth-order valence-electron chi connectivity index (χ4n) is 1.50. The van der Waals surface area contributed by atoms with E-state index in [1.807, 2.05) is 0 Å². The monoisotopic (exact) mass is 267 g/mol. The van der Waals surface area contributed by atoms with Gasteiger partial charge < -0.3 is 10.1 Å². The highest BCUT2D eigenvalue weighted by atomic mass is 16.5. The molecule has 0 saturated heterocycles. The smallest absolute Gasteiger partial charge is 0.413 e. The summed E-state index contributed by atoms with van der Waals surface area (Å²) in [6, 6.07) is 0.595. The van der Waals surface area contributed by atoms with Gasteiger partial charge in [-0.25, -0.2) is 9.48 Å². The fourth-order valence-corrected chi connectivity index (χ4v) is 1.50. The molecule has 2 amide bonds. The average Bonchev–Trinajstić information content (AvgIpc) is 3.08. The van der Waals surface area contributed by atoms with E-state index in [1.54, 1.807) is 13.1 Å². The topological polar surface area (TPSA) is 98.1 Å². The van der Waals surface area contributed by atoms with Gasteiger partial charge >= 0.3 is 6.09 Å². The molecule has 1 aliphatic rings. The normalized spacial score (nSPS) is 14.2. The average molecular weight is 267 g/mol. The number of carbonyl (C=O) groups is 2. The van der Waals surface area contributed by atoms with E-state index in [0.29, 0.717) is 12.6 Å². The maximum atomic E-state index is 11.5. The van der Waals surface area contributed by atoms with Crippen molar-refractivity contribution >= 4 is 12.0 Å². The number of hydrogen-bond donors (Lipinski definition) is 2. The van der Waals surface area contributed by atoms with Crippen LogP contribution < -0.4 is 10.6 Å². The highest BCUT2D eigenvalue weighted by Gasteiger charge is 2.20. The number of carbonyl (C=O) groups excluding carboxylic acids is 2. The third-order valence-corrected chi connectivity index (χ3v) is 2.56. The fraction of sp³-hybridized carbons (Fsp3) is 0.636. The van der Waals surface area contributed by atoms with Crippen molar-refractivity contribution in [1.29, 1.82) is 0 Å². The minimum absolute atomic E-state index is 0.0603. The van der Waals surface area contributed by atoms with Gasteiger partial charge in [-0.2, -0.15) is 0 Å². The van der Waals surface area contributed by atoms with Gasteiger partial charge in [-0.1, -0.05) is 5.21 Å². The second-order valence-electron chi connectivity index (χ2n) is 4.33. The zero-order valence-corrected chi connectivity index (χ0v) is 10.8. The van der Waals surface area contributed by atoms with Crippen molar-refractivity contribution < 1.29 is 14.3 Å². The first-order chi connectivity index (χ1) is 9.17. The van der Waals surface area contributed by atoms with E-state index in [0.717, 1.165) is 5.69 Å². The summed E-state index contributed by atoms with van der Waals surface area (Å²) in [5.41, 5.74) is 0.774. The number of rotatable bonds is 6. The Morgan fingerprint density at radius 2 is 2.32 bits per heavy atom. The number of imide groups is 1. The first-order valence-electron chi connectivity index (χ1n) is 6.26. The number of alkyl carbamates (subject to hydrolysis) is 1. The van der Waals surface area contributed by atoms with Crippen molar-refractivity contribution in [3.63, 3.8) is 0 Å². The molecule has 0 aliphatic heterocycles. The Hall–Kier alpha value is -1.96. The number of nitrogens with one attached hydrogen (secondary N) is 2. The van der Waals surface area contributed by atoms with Crippen molar-refractivity contribution in [2.24, 2.45) is 0 Å². The van der Waals surface area contributed by atoms with E-state index < -0.39 is 12.0 Å². The molecule has 0 spiro atoms. The predicted octanol–water partition coefficient (Wildman–Crippen LogP) is -0.197. The van der Waals surface area contributed by atoms with E-state index in [1.165, 1.54) is 17.5 Å². The van der Waals surface area contributed by atoms with Crippen molar-refractivity contribution in [3.8, 4) is 0 Å². The maximum Gasteiger partial charge on any atom is 0.413 e. The minimum atomic E-state index is -0.747. The quantitative estimate of drug-likeness (QED) is 0.741. The Bertz CT molecular complexity index is 455. The number of amides is 2.